The molecular formula is C24H33NO. The summed E-state index contributed by atoms with van der Waals surface area (Å²) in [5, 5.41) is 0. The number of hydrogen-bond donors (Lipinski definition) is 0. The highest BCUT2D eigenvalue weighted by Crippen LogP contribution is 2.34. The predicted octanol–water partition coefficient (Wildman–Crippen LogP) is 6.69. The van der Waals surface area contributed by atoms with E-state index in [0.29, 0.717) is 6.61 Å². The van der Waals surface area contributed by atoms with Gasteiger partial charge in [-0.3, -0.25) is 4.98 Å². The summed E-state index contributed by atoms with van der Waals surface area (Å²) in [7, 11) is 0. The SMILES string of the molecule is CCCC1CCCC(CCc2ccc(-c3ccc(OCC)cn3)cc2)C1. The molecule has 1 saturated carbocycles. The van der Waals surface area contributed by atoms with Gasteiger partial charge in [0.25, 0.3) is 0 Å². The minimum Gasteiger partial charge on any atom is -0.492 e. The van der Waals surface area contributed by atoms with E-state index in [9.17, 15) is 0 Å². The minimum absolute atomic E-state index is 0.676. The average molecular weight is 352 g/mol. The van der Waals surface area contributed by atoms with Crippen molar-refractivity contribution in [3.63, 3.8) is 0 Å². The van der Waals surface area contributed by atoms with E-state index in [1.807, 2.05) is 25.3 Å². The Labute approximate surface area is 159 Å². The molecule has 0 saturated heterocycles. The first kappa shape index (κ1) is 18.9. The van der Waals surface area contributed by atoms with E-state index in [2.05, 4.69) is 36.2 Å². The van der Waals surface area contributed by atoms with Crippen molar-refractivity contribution < 1.29 is 4.74 Å². The van der Waals surface area contributed by atoms with E-state index in [0.717, 1.165) is 23.3 Å². The van der Waals surface area contributed by atoms with Gasteiger partial charge in [-0.25, -0.2) is 0 Å². The maximum atomic E-state index is 5.47. The Balaban J connectivity index is 1.52. The standard InChI is InChI=1S/C24H33NO/c1-3-6-20-7-5-8-21(17-20)10-9-19-11-13-22(14-12-19)24-16-15-23(18-25-24)26-4-2/h11-16,18,20-21H,3-10,17H2,1-2H3. The highest BCUT2D eigenvalue weighted by Gasteiger charge is 2.21. The molecule has 2 aromatic rings. The number of benzene rings is 1. The molecule has 0 aliphatic heterocycles. The van der Waals surface area contributed by atoms with Gasteiger partial charge in [-0.1, -0.05) is 63.3 Å². The maximum absolute atomic E-state index is 5.47. The summed E-state index contributed by atoms with van der Waals surface area (Å²) in [4.78, 5) is 4.52. The van der Waals surface area contributed by atoms with Crippen LogP contribution in [0.5, 0.6) is 5.75 Å². The van der Waals surface area contributed by atoms with Gasteiger partial charge in [0, 0.05) is 5.56 Å². The van der Waals surface area contributed by atoms with Gasteiger partial charge in [-0.2, -0.15) is 0 Å². The van der Waals surface area contributed by atoms with E-state index in [1.165, 1.54) is 62.5 Å². The zero-order valence-corrected chi connectivity index (χ0v) is 16.4. The molecule has 0 amide bonds. The number of nitrogens with zero attached hydrogens (tertiary/aromatic N) is 1. The van der Waals surface area contributed by atoms with Gasteiger partial charge in [0.2, 0.25) is 0 Å². The van der Waals surface area contributed by atoms with E-state index < -0.39 is 0 Å². The van der Waals surface area contributed by atoms with Crippen molar-refractivity contribution in [3.8, 4) is 17.0 Å². The molecule has 2 unspecified atom stereocenters. The molecule has 0 bridgehead atoms. The quantitative estimate of drug-likeness (QED) is 0.529. The van der Waals surface area contributed by atoms with Gasteiger partial charge >= 0.3 is 0 Å². The molecule has 2 atom stereocenters. The fourth-order valence-corrected chi connectivity index (χ4v) is 4.35. The lowest BCUT2D eigenvalue weighted by atomic mass is 9.77. The molecular weight excluding hydrogens is 318 g/mol. The van der Waals surface area contributed by atoms with Crippen LogP contribution < -0.4 is 4.74 Å². The number of aryl methyl sites for hydroxylation is 1. The van der Waals surface area contributed by atoms with Gasteiger partial charge in [0.05, 0.1) is 18.5 Å². The first-order chi connectivity index (χ1) is 12.8. The first-order valence-corrected chi connectivity index (χ1v) is 10.5. The second-order valence-corrected chi connectivity index (χ2v) is 7.74. The molecule has 0 N–H and O–H groups in total. The lowest BCUT2D eigenvalue weighted by Crippen LogP contribution is -2.16. The van der Waals surface area contributed by atoms with Crippen LogP contribution in [0.1, 0.15) is 64.4 Å². The first-order valence-electron chi connectivity index (χ1n) is 10.5. The van der Waals surface area contributed by atoms with Crippen LogP contribution in [0.4, 0.5) is 0 Å². The summed E-state index contributed by atoms with van der Waals surface area (Å²) in [5.74, 6) is 2.77. The Kier molecular flexibility index (Phi) is 7.11. The molecule has 1 heterocycles. The average Bonchev–Trinajstić information content (AvgIpc) is 2.68. The van der Waals surface area contributed by atoms with E-state index >= 15 is 0 Å². The number of aromatic nitrogens is 1. The molecule has 1 fully saturated rings. The highest BCUT2D eigenvalue weighted by atomic mass is 16.5. The summed E-state index contributed by atoms with van der Waals surface area (Å²) < 4.78 is 5.47. The lowest BCUT2D eigenvalue weighted by molar-refractivity contribution is 0.243. The van der Waals surface area contributed by atoms with Crippen LogP contribution >= 0.6 is 0 Å². The van der Waals surface area contributed by atoms with E-state index in [-0.39, 0.29) is 0 Å². The number of ether oxygens (including phenoxy) is 1. The molecule has 2 nitrogen and oxygen atoms in total. The smallest absolute Gasteiger partial charge is 0.137 e. The molecule has 1 aliphatic rings. The van der Waals surface area contributed by atoms with Crippen LogP contribution in [-0.2, 0) is 6.42 Å². The van der Waals surface area contributed by atoms with Crippen LogP contribution in [0.3, 0.4) is 0 Å². The molecule has 140 valence electrons. The number of pyridine rings is 1. The Morgan fingerprint density at radius 2 is 1.73 bits per heavy atom. The van der Waals surface area contributed by atoms with Crippen LogP contribution in [0.2, 0.25) is 0 Å². The van der Waals surface area contributed by atoms with Crippen molar-refractivity contribution in [3.05, 3.63) is 48.2 Å². The summed E-state index contributed by atoms with van der Waals surface area (Å²) in [6.07, 6.45) is 12.9. The second kappa shape index (κ2) is 9.75. The zero-order valence-electron chi connectivity index (χ0n) is 16.4. The maximum Gasteiger partial charge on any atom is 0.137 e. The van der Waals surface area contributed by atoms with Crippen molar-refractivity contribution in [1.82, 2.24) is 4.98 Å². The summed E-state index contributed by atoms with van der Waals surface area (Å²) >= 11 is 0. The second-order valence-electron chi connectivity index (χ2n) is 7.74. The summed E-state index contributed by atoms with van der Waals surface area (Å²) in [6.45, 7) is 4.99. The number of rotatable bonds is 8. The van der Waals surface area contributed by atoms with Crippen LogP contribution in [0.15, 0.2) is 42.6 Å². The number of hydrogen-bond acceptors (Lipinski definition) is 2. The van der Waals surface area contributed by atoms with Gasteiger partial charge in [-0.05, 0) is 55.7 Å². The Hall–Kier alpha value is -1.83. The van der Waals surface area contributed by atoms with Gasteiger partial charge in [0.1, 0.15) is 5.75 Å². The summed E-state index contributed by atoms with van der Waals surface area (Å²) in [6, 6.07) is 13.0. The molecule has 2 heteroatoms. The molecule has 0 spiro atoms. The highest BCUT2D eigenvalue weighted by molar-refractivity contribution is 5.59. The summed E-state index contributed by atoms with van der Waals surface area (Å²) in [5.41, 5.74) is 3.64. The van der Waals surface area contributed by atoms with Gasteiger partial charge in [0.15, 0.2) is 0 Å². The third-order valence-electron chi connectivity index (χ3n) is 5.73. The largest absolute Gasteiger partial charge is 0.492 e. The van der Waals surface area contributed by atoms with Crippen molar-refractivity contribution in [1.29, 1.82) is 0 Å². The van der Waals surface area contributed by atoms with Crippen molar-refractivity contribution in [2.45, 2.75) is 65.2 Å². The Morgan fingerprint density at radius 1 is 0.962 bits per heavy atom. The van der Waals surface area contributed by atoms with Crippen molar-refractivity contribution in [2.75, 3.05) is 6.61 Å². The molecule has 1 aliphatic carbocycles. The van der Waals surface area contributed by atoms with Gasteiger partial charge < -0.3 is 4.74 Å². The predicted molar refractivity (Wildman–Crippen MR) is 110 cm³/mol. The third kappa shape index (κ3) is 5.33. The van der Waals surface area contributed by atoms with Gasteiger partial charge in [-0.15, -0.1) is 0 Å². The van der Waals surface area contributed by atoms with E-state index in [4.69, 9.17) is 4.74 Å². The van der Waals surface area contributed by atoms with Crippen molar-refractivity contribution in [2.24, 2.45) is 11.8 Å². The molecule has 26 heavy (non-hydrogen) atoms. The monoisotopic (exact) mass is 351 g/mol. The molecule has 0 radical (unpaired) electrons. The normalized spacial score (nSPS) is 20.1. The molecule has 1 aromatic heterocycles. The molecule has 1 aromatic carbocycles. The Bertz CT molecular complexity index is 645. The third-order valence-corrected chi connectivity index (χ3v) is 5.73. The lowest BCUT2D eigenvalue weighted by Gasteiger charge is -2.29. The molecule has 3 rings (SSSR count). The van der Waals surface area contributed by atoms with Crippen LogP contribution in [0, 0.1) is 11.8 Å². The topological polar surface area (TPSA) is 22.1 Å². The fourth-order valence-electron chi connectivity index (χ4n) is 4.35. The van der Waals surface area contributed by atoms with E-state index in [1.54, 1.807) is 0 Å². The van der Waals surface area contributed by atoms with Crippen LogP contribution in [-0.4, -0.2) is 11.6 Å². The van der Waals surface area contributed by atoms with Crippen LogP contribution in [0.25, 0.3) is 11.3 Å². The fraction of sp³-hybridized carbons (Fsp3) is 0.542. The van der Waals surface area contributed by atoms with Crippen molar-refractivity contribution >= 4 is 0 Å². The minimum atomic E-state index is 0.676. The Morgan fingerprint density at radius 3 is 2.38 bits per heavy atom. The zero-order chi connectivity index (χ0) is 18.2.